The molecule has 4 rings (SSSR count). The van der Waals surface area contributed by atoms with E-state index in [1.165, 1.54) is 36.3 Å². The van der Waals surface area contributed by atoms with Gasteiger partial charge in [-0.15, -0.1) is 0 Å². The second-order valence-corrected chi connectivity index (χ2v) is 8.83. The fourth-order valence-corrected chi connectivity index (χ4v) is 4.42. The number of esters is 1. The summed E-state index contributed by atoms with van der Waals surface area (Å²) in [6.45, 7) is 0.202. The monoisotopic (exact) mass is 525 g/mol. The lowest BCUT2D eigenvalue weighted by Gasteiger charge is -2.24. The van der Waals surface area contributed by atoms with Crippen LogP contribution in [0.2, 0.25) is 5.02 Å². The molecule has 36 heavy (non-hydrogen) atoms. The first-order valence-electron chi connectivity index (χ1n) is 10.9. The minimum Gasteiger partial charge on any atom is -0.465 e. The van der Waals surface area contributed by atoms with E-state index in [0.29, 0.717) is 22.0 Å². The number of anilines is 2. The van der Waals surface area contributed by atoms with Gasteiger partial charge >= 0.3 is 5.97 Å². The van der Waals surface area contributed by atoms with E-state index in [4.69, 9.17) is 23.8 Å². The summed E-state index contributed by atoms with van der Waals surface area (Å²) in [5.41, 5.74) is 2.01. The van der Waals surface area contributed by atoms with Crippen LogP contribution in [0.15, 0.2) is 72.8 Å². The molecule has 0 saturated carbocycles. The highest BCUT2D eigenvalue weighted by atomic mass is 35.5. The Morgan fingerprint density at radius 3 is 2.42 bits per heavy atom. The van der Waals surface area contributed by atoms with E-state index in [-0.39, 0.29) is 29.8 Å². The second-order valence-electron chi connectivity index (χ2n) is 8.03. The average molecular weight is 526 g/mol. The van der Waals surface area contributed by atoms with Crippen molar-refractivity contribution in [2.45, 2.75) is 19.0 Å². The maximum atomic E-state index is 13.5. The van der Waals surface area contributed by atoms with Crippen LogP contribution in [-0.4, -0.2) is 40.9 Å². The van der Waals surface area contributed by atoms with E-state index in [1.807, 2.05) is 0 Å². The molecular formula is C26H21ClFN3O4S. The second kappa shape index (κ2) is 10.8. The van der Waals surface area contributed by atoms with E-state index in [2.05, 4.69) is 10.1 Å². The standard InChI is InChI=1S/C26H21ClFN3O4S/c1-35-25(34)17-7-11-20(12-8-17)29-23(32)14-22-24(33)31(21-4-2-3-18(27)13-21)26(36)30(22)15-16-5-9-19(28)10-6-16/h2-13,22H,14-15H2,1H3,(H,29,32). The Labute approximate surface area is 217 Å². The maximum Gasteiger partial charge on any atom is 0.337 e. The zero-order valence-corrected chi connectivity index (χ0v) is 20.7. The molecule has 0 bridgehead atoms. The van der Waals surface area contributed by atoms with Crippen molar-refractivity contribution in [3.8, 4) is 0 Å². The van der Waals surface area contributed by atoms with Gasteiger partial charge < -0.3 is 15.0 Å². The fraction of sp³-hybridized carbons (Fsp3) is 0.154. The Hall–Kier alpha value is -3.82. The number of hydrogen-bond acceptors (Lipinski definition) is 5. The lowest BCUT2D eigenvalue weighted by Crippen LogP contribution is -2.37. The van der Waals surface area contributed by atoms with Gasteiger partial charge in [0.1, 0.15) is 11.9 Å². The molecule has 1 aliphatic heterocycles. The van der Waals surface area contributed by atoms with Gasteiger partial charge in [-0.25, -0.2) is 9.18 Å². The quantitative estimate of drug-likeness (QED) is 0.353. The first kappa shape index (κ1) is 25.3. The SMILES string of the molecule is COC(=O)c1ccc(NC(=O)CC2C(=O)N(c3cccc(Cl)c3)C(=S)N2Cc2ccc(F)cc2)cc1. The summed E-state index contributed by atoms with van der Waals surface area (Å²) in [4.78, 5) is 41.0. The predicted octanol–water partition coefficient (Wildman–Crippen LogP) is 4.80. The number of ether oxygens (including phenoxy) is 1. The highest BCUT2D eigenvalue weighted by molar-refractivity contribution is 7.80. The summed E-state index contributed by atoms with van der Waals surface area (Å²) in [5.74, 6) is -1.66. The Morgan fingerprint density at radius 1 is 1.08 bits per heavy atom. The van der Waals surface area contributed by atoms with E-state index in [1.54, 1.807) is 53.4 Å². The number of thiocarbonyl (C=S) groups is 1. The Bertz CT molecular complexity index is 1320. The van der Waals surface area contributed by atoms with Crippen LogP contribution >= 0.6 is 23.8 Å². The third-order valence-corrected chi connectivity index (χ3v) is 6.27. The summed E-state index contributed by atoms with van der Waals surface area (Å²) < 4.78 is 18.1. The largest absolute Gasteiger partial charge is 0.465 e. The van der Waals surface area contributed by atoms with Crippen molar-refractivity contribution >= 4 is 58.1 Å². The molecule has 1 N–H and O–H groups in total. The van der Waals surface area contributed by atoms with Crippen molar-refractivity contribution < 1.29 is 23.5 Å². The molecule has 1 aliphatic rings. The lowest BCUT2D eigenvalue weighted by atomic mass is 10.1. The molecule has 184 valence electrons. The predicted molar refractivity (Wildman–Crippen MR) is 138 cm³/mol. The molecule has 0 aliphatic carbocycles. The summed E-state index contributed by atoms with van der Waals surface area (Å²) >= 11 is 11.8. The normalized spacial score (nSPS) is 15.2. The van der Waals surface area contributed by atoms with Crippen LogP contribution in [-0.2, 0) is 20.9 Å². The van der Waals surface area contributed by atoms with Gasteiger partial charge in [-0.05, 0) is 72.4 Å². The van der Waals surface area contributed by atoms with E-state index >= 15 is 0 Å². The number of nitrogens with zero attached hydrogens (tertiary/aromatic N) is 2. The Balaban J connectivity index is 1.56. The molecule has 1 saturated heterocycles. The van der Waals surface area contributed by atoms with Gasteiger partial charge in [-0.1, -0.05) is 29.8 Å². The molecule has 1 heterocycles. The van der Waals surface area contributed by atoms with Crippen LogP contribution in [0.25, 0.3) is 0 Å². The minimum atomic E-state index is -0.893. The molecule has 2 amide bonds. The van der Waals surface area contributed by atoms with Crippen LogP contribution in [0.3, 0.4) is 0 Å². The molecule has 3 aromatic carbocycles. The first-order valence-corrected chi connectivity index (χ1v) is 11.7. The minimum absolute atomic E-state index is 0.185. The fourth-order valence-electron chi connectivity index (χ4n) is 3.85. The van der Waals surface area contributed by atoms with Gasteiger partial charge in [-0.3, -0.25) is 14.5 Å². The summed E-state index contributed by atoms with van der Waals surface area (Å²) in [6.07, 6.45) is -0.185. The molecular weight excluding hydrogens is 505 g/mol. The highest BCUT2D eigenvalue weighted by Crippen LogP contribution is 2.30. The van der Waals surface area contributed by atoms with E-state index in [0.717, 1.165) is 5.56 Å². The molecule has 0 radical (unpaired) electrons. The van der Waals surface area contributed by atoms with Crippen molar-refractivity contribution in [1.29, 1.82) is 0 Å². The van der Waals surface area contributed by atoms with E-state index in [9.17, 15) is 18.8 Å². The first-order chi connectivity index (χ1) is 17.3. The van der Waals surface area contributed by atoms with Crippen molar-refractivity contribution in [2.24, 2.45) is 0 Å². The van der Waals surface area contributed by atoms with Crippen LogP contribution in [0, 0.1) is 5.82 Å². The van der Waals surface area contributed by atoms with Crippen LogP contribution in [0.5, 0.6) is 0 Å². The molecule has 10 heteroatoms. The van der Waals surface area contributed by atoms with Crippen LogP contribution < -0.4 is 10.2 Å². The Morgan fingerprint density at radius 2 is 1.78 bits per heavy atom. The molecule has 1 atom stereocenters. The molecule has 0 aromatic heterocycles. The van der Waals surface area contributed by atoms with Crippen LogP contribution in [0.1, 0.15) is 22.3 Å². The highest BCUT2D eigenvalue weighted by Gasteiger charge is 2.44. The van der Waals surface area contributed by atoms with Crippen molar-refractivity contribution in [3.63, 3.8) is 0 Å². The zero-order chi connectivity index (χ0) is 25.8. The van der Waals surface area contributed by atoms with Gasteiger partial charge in [0.15, 0.2) is 5.11 Å². The summed E-state index contributed by atoms with van der Waals surface area (Å²) in [6, 6.07) is 17.9. The molecule has 7 nitrogen and oxygen atoms in total. The zero-order valence-electron chi connectivity index (χ0n) is 19.1. The smallest absolute Gasteiger partial charge is 0.337 e. The third-order valence-electron chi connectivity index (χ3n) is 5.62. The number of amides is 2. The van der Waals surface area contributed by atoms with Crippen molar-refractivity contribution in [2.75, 3.05) is 17.3 Å². The molecule has 1 unspecified atom stereocenters. The lowest BCUT2D eigenvalue weighted by molar-refractivity contribution is -0.124. The van der Waals surface area contributed by atoms with Crippen molar-refractivity contribution in [3.05, 3.63) is 94.8 Å². The molecule has 3 aromatic rings. The number of rotatable bonds is 7. The number of nitrogens with one attached hydrogen (secondary N) is 1. The number of halogens is 2. The Kier molecular flexibility index (Phi) is 7.61. The summed E-state index contributed by atoms with van der Waals surface area (Å²) in [5, 5.41) is 3.39. The van der Waals surface area contributed by atoms with Crippen LogP contribution in [0.4, 0.5) is 15.8 Å². The number of hydrogen-bond donors (Lipinski definition) is 1. The van der Waals surface area contributed by atoms with Crippen molar-refractivity contribution in [1.82, 2.24) is 4.90 Å². The number of benzene rings is 3. The topological polar surface area (TPSA) is 78.9 Å². The van der Waals surface area contributed by atoms with Gasteiger partial charge in [-0.2, -0.15) is 0 Å². The third kappa shape index (κ3) is 5.53. The number of carbonyl (C=O) groups is 3. The molecule has 0 spiro atoms. The molecule has 1 fully saturated rings. The number of carbonyl (C=O) groups excluding carboxylic acids is 3. The van der Waals surface area contributed by atoms with Gasteiger partial charge in [0, 0.05) is 17.3 Å². The number of methoxy groups -OCH3 is 1. The average Bonchev–Trinajstić information content (AvgIpc) is 3.09. The van der Waals surface area contributed by atoms with Gasteiger partial charge in [0.2, 0.25) is 5.91 Å². The van der Waals surface area contributed by atoms with Gasteiger partial charge in [0.25, 0.3) is 5.91 Å². The van der Waals surface area contributed by atoms with E-state index < -0.39 is 17.9 Å². The maximum absolute atomic E-state index is 13.5. The summed E-state index contributed by atoms with van der Waals surface area (Å²) in [7, 11) is 1.28. The van der Waals surface area contributed by atoms with Gasteiger partial charge in [0.05, 0.1) is 24.8 Å².